The fraction of sp³-hybridized carbons (Fsp3) is 0.318. The largest absolute Gasteiger partial charge is 0.493 e. The van der Waals surface area contributed by atoms with Crippen molar-refractivity contribution in [3.63, 3.8) is 0 Å². The van der Waals surface area contributed by atoms with Crippen LogP contribution >= 0.6 is 0 Å². The maximum atomic E-state index is 13.8. The summed E-state index contributed by atoms with van der Waals surface area (Å²) in [5.74, 6) is -2.31. The fourth-order valence-corrected chi connectivity index (χ4v) is 3.67. The Labute approximate surface area is 191 Å². The van der Waals surface area contributed by atoms with Crippen LogP contribution in [-0.4, -0.2) is 56.9 Å². The van der Waals surface area contributed by atoms with Gasteiger partial charge in [-0.15, -0.1) is 0 Å². The molecular weight excluding hydrogens is 461 g/mol. The fourth-order valence-electron chi connectivity index (χ4n) is 3.67. The number of nitrogens with zero attached hydrogens (tertiary/aromatic N) is 1. The predicted octanol–water partition coefficient (Wildman–Crippen LogP) is 2.93. The average molecular weight is 480 g/mol. The zero-order valence-corrected chi connectivity index (χ0v) is 17.8. The van der Waals surface area contributed by atoms with Crippen molar-refractivity contribution in [3.05, 3.63) is 42.0 Å². The van der Waals surface area contributed by atoms with Crippen molar-refractivity contribution < 1.29 is 46.5 Å². The van der Waals surface area contributed by atoms with Gasteiger partial charge < -0.3 is 24.3 Å². The summed E-state index contributed by atoms with van der Waals surface area (Å²) in [5.41, 5.74) is -0.164. The van der Waals surface area contributed by atoms with Crippen LogP contribution in [0.5, 0.6) is 17.2 Å². The number of anilines is 2. The number of halogens is 3. The number of nitrogens with one attached hydrogen (secondary N) is 1. The second-order valence-corrected chi connectivity index (χ2v) is 7.37. The lowest BCUT2D eigenvalue weighted by Gasteiger charge is -2.31. The molecule has 1 unspecified atom stereocenters. The summed E-state index contributed by atoms with van der Waals surface area (Å²) in [7, 11) is 1.36. The highest BCUT2D eigenvalue weighted by atomic mass is 19.4. The Hall–Kier alpha value is -3.96. The highest BCUT2D eigenvalue weighted by molar-refractivity contribution is 6.05. The molecule has 2 aromatic carbocycles. The van der Waals surface area contributed by atoms with Gasteiger partial charge in [-0.1, -0.05) is 12.1 Å². The molecule has 0 saturated heterocycles. The van der Waals surface area contributed by atoms with Crippen molar-refractivity contribution in [1.29, 1.82) is 0 Å². The Morgan fingerprint density at radius 3 is 2.65 bits per heavy atom. The van der Waals surface area contributed by atoms with Crippen molar-refractivity contribution in [2.24, 2.45) is 0 Å². The Morgan fingerprint density at radius 2 is 1.91 bits per heavy atom. The van der Waals surface area contributed by atoms with Crippen molar-refractivity contribution >= 4 is 29.2 Å². The highest BCUT2D eigenvalue weighted by Gasteiger charge is 2.49. The van der Waals surface area contributed by atoms with Crippen LogP contribution in [-0.2, 0) is 14.3 Å². The molecule has 12 heteroatoms. The number of benzene rings is 2. The van der Waals surface area contributed by atoms with Gasteiger partial charge in [-0.3, -0.25) is 14.5 Å². The molecule has 0 radical (unpaired) electrons. The van der Waals surface area contributed by atoms with E-state index in [-0.39, 0.29) is 41.7 Å². The number of ether oxygens (including phenoxy) is 4. The molecule has 2 amide bonds. The van der Waals surface area contributed by atoms with Crippen molar-refractivity contribution in [2.45, 2.75) is 18.6 Å². The molecule has 34 heavy (non-hydrogen) atoms. The zero-order chi connectivity index (χ0) is 24.5. The van der Waals surface area contributed by atoms with Crippen molar-refractivity contribution in [3.8, 4) is 17.2 Å². The number of amides is 2. The quantitative estimate of drug-likeness (QED) is 0.672. The van der Waals surface area contributed by atoms with E-state index in [1.54, 1.807) is 0 Å². The van der Waals surface area contributed by atoms with E-state index in [0.717, 1.165) is 0 Å². The first-order chi connectivity index (χ1) is 16.2. The molecule has 2 aliphatic rings. The number of hydrogen-bond acceptors (Lipinski definition) is 7. The normalized spacial score (nSPS) is 17.2. The van der Waals surface area contributed by atoms with Gasteiger partial charge in [0.2, 0.25) is 11.7 Å². The molecule has 2 heterocycles. The third-order valence-electron chi connectivity index (χ3n) is 5.17. The molecule has 9 nitrogen and oxygen atoms in total. The molecular formula is C22H19F3N2O7. The standard InChI is InChI=1S/C22H19F3N2O7/c1-31-15-8-12(9-16-20(15)33-7-6-32-16)21(30)34-11-19(29)27-14-5-3-2-4-13(14)26-18(28)10-17(27)22(23,24)25/h2-5,8-9,17H,6-7,10-11H2,1H3,(H,26,28). The average Bonchev–Trinajstić information content (AvgIpc) is 2.97. The van der Waals surface area contributed by atoms with Gasteiger partial charge in [-0.05, 0) is 24.3 Å². The summed E-state index contributed by atoms with van der Waals surface area (Å²) in [6.07, 6.45) is -5.91. The number of esters is 1. The number of fused-ring (bicyclic) bond motifs is 2. The number of rotatable bonds is 4. The summed E-state index contributed by atoms with van der Waals surface area (Å²) >= 11 is 0. The first-order valence-corrected chi connectivity index (χ1v) is 10.1. The second kappa shape index (κ2) is 9.12. The molecule has 0 saturated carbocycles. The molecule has 1 atom stereocenters. The first-order valence-electron chi connectivity index (χ1n) is 10.1. The maximum absolute atomic E-state index is 13.8. The topological polar surface area (TPSA) is 103 Å². The molecule has 0 aliphatic carbocycles. The first kappa shape index (κ1) is 23.2. The Bertz CT molecular complexity index is 1120. The Morgan fingerprint density at radius 1 is 1.18 bits per heavy atom. The van der Waals surface area contributed by atoms with Gasteiger partial charge in [-0.25, -0.2) is 4.79 Å². The monoisotopic (exact) mass is 480 g/mol. The van der Waals surface area contributed by atoms with Crippen molar-refractivity contribution in [1.82, 2.24) is 0 Å². The number of hydrogen-bond donors (Lipinski definition) is 1. The second-order valence-electron chi connectivity index (χ2n) is 7.37. The minimum atomic E-state index is -4.91. The van der Waals surface area contributed by atoms with E-state index in [4.69, 9.17) is 18.9 Å². The summed E-state index contributed by atoms with van der Waals surface area (Å²) in [4.78, 5) is 38.0. The predicted molar refractivity (Wildman–Crippen MR) is 111 cm³/mol. The number of alkyl halides is 3. The maximum Gasteiger partial charge on any atom is 0.409 e. The lowest BCUT2D eigenvalue weighted by Crippen LogP contribution is -2.51. The molecule has 4 rings (SSSR count). The van der Waals surface area contributed by atoms with Crippen LogP contribution in [0.15, 0.2) is 36.4 Å². The van der Waals surface area contributed by atoms with Crippen LogP contribution in [0.3, 0.4) is 0 Å². The lowest BCUT2D eigenvalue weighted by molar-refractivity contribution is -0.158. The molecule has 0 bridgehead atoms. The highest BCUT2D eigenvalue weighted by Crippen LogP contribution is 2.41. The summed E-state index contributed by atoms with van der Waals surface area (Å²) in [6, 6.07) is 5.78. The molecule has 1 N–H and O–H groups in total. The third kappa shape index (κ3) is 4.56. The molecule has 2 aromatic rings. The minimum Gasteiger partial charge on any atom is -0.493 e. The summed E-state index contributed by atoms with van der Waals surface area (Å²) in [5, 5.41) is 2.36. The van der Waals surface area contributed by atoms with Gasteiger partial charge in [-0.2, -0.15) is 13.2 Å². The van der Waals surface area contributed by atoms with Gasteiger partial charge in [0.15, 0.2) is 18.1 Å². The molecule has 0 aromatic heterocycles. The molecule has 2 aliphatic heterocycles. The Balaban J connectivity index is 1.58. The summed E-state index contributed by atoms with van der Waals surface area (Å²) < 4.78 is 62.5. The summed E-state index contributed by atoms with van der Waals surface area (Å²) in [6.45, 7) is -0.464. The SMILES string of the molecule is COc1cc(C(=O)OCC(=O)N2c3ccccc3NC(=O)CC2C(F)(F)F)cc2c1OCCO2. The van der Waals surface area contributed by atoms with E-state index in [1.165, 1.54) is 43.5 Å². The minimum absolute atomic E-state index is 0.0375. The van der Waals surface area contributed by atoms with Gasteiger partial charge in [0, 0.05) is 0 Å². The lowest BCUT2D eigenvalue weighted by atomic mass is 10.1. The van der Waals surface area contributed by atoms with Gasteiger partial charge in [0.1, 0.15) is 19.3 Å². The molecule has 180 valence electrons. The molecule has 0 spiro atoms. The third-order valence-corrected chi connectivity index (χ3v) is 5.17. The van der Waals surface area contributed by atoms with Gasteiger partial charge in [0.05, 0.1) is 30.5 Å². The van der Waals surface area contributed by atoms with E-state index < -0.39 is 43.0 Å². The van der Waals surface area contributed by atoms with Crippen LogP contribution in [0.4, 0.5) is 24.5 Å². The van der Waals surface area contributed by atoms with Crippen LogP contribution in [0.25, 0.3) is 0 Å². The van der Waals surface area contributed by atoms with E-state index >= 15 is 0 Å². The molecule has 0 fully saturated rings. The number of carbonyl (C=O) groups is 3. The van der Waals surface area contributed by atoms with Gasteiger partial charge in [0.25, 0.3) is 5.91 Å². The number of methoxy groups -OCH3 is 1. The Kier molecular flexibility index (Phi) is 6.22. The number of para-hydroxylation sites is 2. The van der Waals surface area contributed by atoms with E-state index in [2.05, 4.69) is 5.32 Å². The van der Waals surface area contributed by atoms with Crippen LogP contribution in [0.2, 0.25) is 0 Å². The smallest absolute Gasteiger partial charge is 0.409 e. The van der Waals surface area contributed by atoms with E-state index in [9.17, 15) is 27.6 Å². The van der Waals surface area contributed by atoms with Gasteiger partial charge >= 0.3 is 12.1 Å². The van der Waals surface area contributed by atoms with Crippen LogP contribution in [0, 0.1) is 0 Å². The van der Waals surface area contributed by atoms with E-state index in [0.29, 0.717) is 10.6 Å². The van der Waals surface area contributed by atoms with Crippen LogP contribution < -0.4 is 24.4 Å². The van der Waals surface area contributed by atoms with Crippen LogP contribution in [0.1, 0.15) is 16.8 Å². The zero-order valence-electron chi connectivity index (χ0n) is 17.8. The number of carbonyl (C=O) groups excluding carboxylic acids is 3. The van der Waals surface area contributed by atoms with Crippen molar-refractivity contribution in [2.75, 3.05) is 37.1 Å². The van der Waals surface area contributed by atoms with E-state index in [1.807, 2.05) is 0 Å².